The Kier molecular flexibility index (Phi) is 14.0. The summed E-state index contributed by atoms with van der Waals surface area (Å²) in [6.07, 6.45) is 6.20. The fourth-order valence-electron chi connectivity index (χ4n) is 5.66. The van der Waals surface area contributed by atoms with Gasteiger partial charge in [-0.1, -0.05) is 147 Å². The molecule has 0 bridgehead atoms. The van der Waals surface area contributed by atoms with Crippen LogP contribution < -0.4 is 5.46 Å². The van der Waals surface area contributed by atoms with Gasteiger partial charge in [0.15, 0.2) is 0 Å². The Bertz CT molecular complexity index is 2060. The Balaban J connectivity index is 0.000000168. The van der Waals surface area contributed by atoms with E-state index in [0.29, 0.717) is 5.46 Å². The first-order chi connectivity index (χ1) is 23.9. The van der Waals surface area contributed by atoms with Crippen LogP contribution in [0.5, 0.6) is 0 Å². The largest absolute Gasteiger partial charge is 0.489 e. The summed E-state index contributed by atoms with van der Waals surface area (Å²) < 4.78 is 2.26. The van der Waals surface area contributed by atoms with Crippen molar-refractivity contribution in [2.45, 2.75) is 14.7 Å². The summed E-state index contributed by atoms with van der Waals surface area (Å²) in [4.78, 5) is 3.53. The van der Waals surface area contributed by atoms with Crippen molar-refractivity contribution in [3.63, 3.8) is 0 Å². The van der Waals surface area contributed by atoms with Crippen LogP contribution in [0.25, 0.3) is 43.8 Å². The van der Waals surface area contributed by atoms with Crippen LogP contribution in [0.1, 0.15) is 0 Å². The monoisotopic (exact) mass is 824 g/mol. The normalized spacial score (nSPS) is 10.6. The highest BCUT2D eigenvalue weighted by atomic mass is 79.9. The minimum absolute atomic E-state index is 0.569. The predicted molar refractivity (Wildman–Crippen MR) is 226 cm³/mol. The Labute approximate surface area is 319 Å². The van der Waals surface area contributed by atoms with E-state index in [9.17, 15) is 0 Å². The number of benzene rings is 7. The van der Waals surface area contributed by atoms with Gasteiger partial charge in [0.1, 0.15) is 0 Å². The highest BCUT2D eigenvalue weighted by Gasteiger charge is 2.15. The molecule has 0 aliphatic heterocycles. The molecule has 0 saturated carbocycles. The van der Waals surface area contributed by atoms with Crippen molar-refractivity contribution in [2.75, 3.05) is 18.8 Å². The van der Waals surface area contributed by atoms with Crippen molar-refractivity contribution in [1.82, 2.24) is 0 Å². The van der Waals surface area contributed by atoms with Gasteiger partial charge in [-0.2, -0.15) is 0 Å². The molecule has 246 valence electrons. The van der Waals surface area contributed by atoms with Gasteiger partial charge in [0.2, 0.25) is 0 Å². The Hall–Kier alpha value is -2.95. The van der Waals surface area contributed by atoms with E-state index in [1.165, 1.54) is 65.4 Å². The number of rotatable bonds is 6. The predicted octanol–water partition coefficient (Wildman–Crippen LogP) is 12.1. The maximum atomic E-state index is 8.88. The lowest BCUT2D eigenvalue weighted by atomic mass is 9.80. The first kappa shape index (κ1) is 37.3. The molecule has 0 unspecified atom stereocenters. The molecule has 7 aromatic rings. The SMILES string of the molecule is Brc1cccc2cccc(Br)c12.CSc1ccccc1-c1cccc2cccc(-c3ccccc3SC)c12.CSc1ccccc1B(O)O. The zero-order valence-corrected chi connectivity index (χ0v) is 32.9. The molecule has 0 saturated heterocycles. The summed E-state index contributed by atoms with van der Waals surface area (Å²) in [5.41, 5.74) is 5.79. The van der Waals surface area contributed by atoms with Crippen LogP contribution in [-0.2, 0) is 0 Å². The smallest absolute Gasteiger partial charge is 0.423 e. The fraction of sp³-hybridized carbons (Fsp3) is 0.0732. The molecule has 0 aromatic heterocycles. The molecule has 0 heterocycles. The average Bonchev–Trinajstić information content (AvgIpc) is 3.15. The van der Waals surface area contributed by atoms with Crippen molar-refractivity contribution < 1.29 is 10.0 Å². The van der Waals surface area contributed by atoms with E-state index in [1.54, 1.807) is 35.7 Å². The van der Waals surface area contributed by atoms with E-state index in [4.69, 9.17) is 10.0 Å². The molecule has 7 aromatic carbocycles. The molecule has 2 N–H and O–H groups in total. The fourth-order valence-corrected chi connectivity index (χ4v) is 8.96. The quantitative estimate of drug-likeness (QED) is 0.129. The maximum Gasteiger partial charge on any atom is 0.489 e. The Morgan fingerprint density at radius 1 is 0.408 bits per heavy atom. The van der Waals surface area contributed by atoms with Crippen molar-refractivity contribution in [3.05, 3.63) is 155 Å². The van der Waals surface area contributed by atoms with Gasteiger partial charge in [0, 0.05) is 29.0 Å². The Morgan fingerprint density at radius 3 is 1.18 bits per heavy atom. The molecular weight excluding hydrogens is 791 g/mol. The lowest BCUT2D eigenvalue weighted by Crippen LogP contribution is -2.31. The molecule has 0 fully saturated rings. The molecule has 0 radical (unpaired) electrons. The summed E-state index contributed by atoms with van der Waals surface area (Å²) in [5.74, 6) is 0. The van der Waals surface area contributed by atoms with Gasteiger partial charge in [-0.25, -0.2) is 0 Å². The number of fused-ring (bicyclic) bond motifs is 2. The summed E-state index contributed by atoms with van der Waals surface area (Å²) in [7, 11) is -1.36. The van der Waals surface area contributed by atoms with Crippen molar-refractivity contribution in [2.24, 2.45) is 0 Å². The van der Waals surface area contributed by atoms with Crippen LogP contribution in [0.4, 0.5) is 0 Å². The van der Waals surface area contributed by atoms with Crippen LogP contribution >= 0.6 is 67.1 Å². The molecule has 0 atom stereocenters. The third-order valence-electron chi connectivity index (χ3n) is 7.92. The van der Waals surface area contributed by atoms with Crippen LogP contribution in [0.2, 0.25) is 0 Å². The molecule has 0 aliphatic rings. The van der Waals surface area contributed by atoms with E-state index < -0.39 is 7.12 Å². The number of hydrogen-bond acceptors (Lipinski definition) is 5. The number of halogens is 2. The summed E-state index contributed by atoms with van der Waals surface area (Å²) in [6, 6.07) is 50.2. The lowest BCUT2D eigenvalue weighted by molar-refractivity contribution is 0.425. The topological polar surface area (TPSA) is 40.5 Å². The van der Waals surface area contributed by atoms with Crippen LogP contribution in [-0.4, -0.2) is 35.9 Å². The molecule has 2 nitrogen and oxygen atoms in total. The third kappa shape index (κ3) is 9.05. The standard InChI is InChI=1S/C24H20S2.C10H6Br2.C7H9BO2S/c1-25-22-15-5-3-11-18(22)20-13-7-9-17-10-8-14-21(24(17)20)19-12-4-6-16-23(19)26-2;11-8-5-1-3-7-4-2-6-9(12)10(7)8;1-11-7-5-3-2-4-6(7)8(9)10/h3-16H,1-2H3;1-6H;2-5,9-10H,1H3. The molecule has 7 rings (SSSR count). The summed E-state index contributed by atoms with van der Waals surface area (Å²) >= 11 is 12.1. The van der Waals surface area contributed by atoms with Gasteiger partial charge < -0.3 is 10.0 Å². The molecule has 0 aliphatic carbocycles. The summed E-state index contributed by atoms with van der Waals surface area (Å²) in [6.45, 7) is 0. The zero-order valence-electron chi connectivity index (χ0n) is 27.3. The minimum Gasteiger partial charge on any atom is -0.423 e. The van der Waals surface area contributed by atoms with Crippen LogP contribution in [0.15, 0.2) is 169 Å². The van der Waals surface area contributed by atoms with E-state index in [2.05, 4.69) is 141 Å². The number of thioether (sulfide) groups is 3. The highest BCUT2D eigenvalue weighted by molar-refractivity contribution is 9.11. The van der Waals surface area contributed by atoms with Crippen molar-refractivity contribution >= 4 is 101 Å². The van der Waals surface area contributed by atoms with Gasteiger partial charge in [0.05, 0.1) is 0 Å². The molecule has 8 heteroatoms. The van der Waals surface area contributed by atoms with Crippen LogP contribution in [0, 0.1) is 0 Å². The van der Waals surface area contributed by atoms with E-state index >= 15 is 0 Å². The first-order valence-electron chi connectivity index (χ1n) is 15.5. The van der Waals surface area contributed by atoms with Gasteiger partial charge >= 0.3 is 7.12 Å². The van der Waals surface area contributed by atoms with Gasteiger partial charge in [0.25, 0.3) is 0 Å². The first-order valence-corrected chi connectivity index (χ1v) is 20.7. The highest BCUT2D eigenvalue weighted by Crippen LogP contribution is 2.41. The van der Waals surface area contributed by atoms with E-state index in [-0.39, 0.29) is 0 Å². The summed E-state index contributed by atoms with van der Waals surface area (Å²) in [5, 5.41) is 22.9. The van der Waals surface area contributed by atoms with Crippen LogP contribution in [0.3, 0.4) is 0 Å². The van der Waals surface area contributed by atoms with Gasteiger partial charge in [-0.15, -0.1) is 35.3 Å². The Morgan fingerprint density at radius 2 is 0.776 bits per heavy atom. The van der Waals surface area contributed by atoms with E-state index in [0.717, 1.165) is 13.8 Å². The van der Waals surface area contributed by atoms with Crippen molar-refractivity contribution in [1.29, 1.82) is 0 Å². The maximum absolute atomic E-state index is 8.88. The third-order valence-corrected chi connectivity index (χ3v) is 11.6. The molecule has 49 heavy (non-hydrogen) atoms. The molecule has 0 amide bonds. The minimum atomic E-state index is -1.36. The molecular formula is C41H35BBr2O2S3. The average molecular weight is 827 g/mol. The lowest BCUT2D eigenvalue weighted by Gasteiger charge is -2.16. The second kappa shape index (κ2) is 18.3. The van der Waals surface area contributed by atoms with Gasteiger partial charge in [-0.3, -0.25) is 0 Å². The van der Waals surface area contributed by atoms with Crippen molar-refractivity contribution in [3.8, 4) is 22.3 Å². The van der Waals surface area contributed by atoms with E-state index in [1.807, 2.05) is 42.7 Å². The second-order valence-corrected chi connectivity index (χ2v) is 15.1. The second-order valence-electron chi connectivity index (χ2n) is 10.8. The number of hydrogen-bond donors (Lipinski definition) is 2. The zero-order chi connectivity index (χ0) is 34.8. The van der Waals surface area contributed by atoms with Gasteiger partial charge in [-0.05, 0) is 93.0 Å². The molecule has 0 spiro atoms.